The summed E-state index contributed by atoms with van der Waals surface area (Å²) >= 11 is 0. The maximum atomic E-state index is 11.1. The van der Waals surface area contributed by atoms with E-state index in [-0.39, 0.29) is 0 Å². The largest absolute Gasteiger partial charge is 0.414 e. The molecule has 4 nitrogen and oxygen atoms in total. The minimum atomic E-state index is -0.669. The summed E-state index contributed by atoms with van der Waals surface area (Å²) in [4.78, 5) is 11.1. The molecule has 0 heterocycles. The van der Waals surface area contributed by atoms with Crippen LogP contribution in [0.3, 0.4) is 0 Å². The van der Waals surface area contributed by atoms with Gasteiger partial charge in [-0.3, -0.25) is 5.32 Å². The van der Waals surface area contributed by atoms with Gasteiger partial charge in [-0.1, -0.05) is 30.3 Å². The number of rotatable bonds is 2. The van der Waals surface area contributed by atoms with Gasteiger partial charge < -0.3 is 9.84 Å². The Morgan fingerprint density at radius 3 is 2.69 bits per heavy atom. The van der Waals surface area contributed by atoms with Gasteiger partial charge >= 0.3 is 6.09 Å². The van der Waals surface area contributed by atoms with Crippen LogP contribution in [-0.2, 0) is 0 Å². The molecule has 0 fully saturated rings. The second-order valence-corrected chi connectivity index (χ2v) is 3.23. The van der Waals surface area contributed by atoms with Crippen molar-refractivity contribution >= 4 is 16.9 Å². The summed E-state index contributed by atoms with van der Waals surface area (Å²) in [5, 5.41) is 12.7. The molecule has 2 N–H and O–H groups in total. The lowest BCUT2D eigenvalue weighted by Gasteiger charge is -2.05. The van der Waals surface area contributed by atoms with Gasteiger partial charge in [0.05, 0.1) is 0 Å². The van der Waals surface area contributed by atoms with E-state index in [4.69, 9.17) is 9.84 Å². The summed E-state index contributed by atoms with van der Waals surface area (Å²) in [6.45, 7) is -0.438. The van der Waals surface area contributed by atoms with Gasteiger partial charge in [-0.2, -0.15) is 0 Å². The van der Waals surface area contributed by atoms with Gasteiger partial charge in [0.2, 0.25) is 0 Å². The van der Waals surface area contributed by atoms with Crippen LogP contribution in [-0.4, -0.2) is 17.9 Å². The maximum Gasteiger partial charge on any atom is 0.414 e. The Morgan fingerprint density at radius 1 is 1.19 bits per heavy atom. The fraction of sp³-hybridized carbons (Fsp3) is 0.0833. The number of hydrogen-bond acceptors (Lipinski definition) is 3. The Bertz CT molecular complexity index is 510. The normalized spacial score (nSPS) is 10.1. The first kappa shape index (κ1) is 10.4. The lowest BCUT2D eigenvalue weighted by Crippen LogP contribution is -2.27. The fourth-order valence-electron chi connectivity index (χ4n) is 1.44. The average molecular weight is 217 g/mol. The number of carbonyl (C=O) groups excluding carboxylic acids is 1. The third-order valence-corrected chi connectivity index (χ3v) is 2.15. The predicted octanol–water partition coefficient (Wildman–Crippen LogP) is 1.88. The highest BCUT2D eigenvalue weighted by Gasteiger charge is 2.03. The SMILES string of the molecule is O=C(NCO)Oc1ccc2ccccc2c1. The van der Waals surface area contributed by atoms with E-state index in [9.17, 15) is 4.79 Å². The van der Waals surface area contributed by atoms with Crippen molar-refractivity contribution in [1.29, 1.82) is 0 Å². The van der Waals surface area contributed by atoms with Crippen LogP contribution in [0.5, 0.6) is 5.75 Å². The minimum absolute atomic E-state index is 0.438. The lowest BCUT2D eigenvalue weighted by molar-refractivity contribution is 0.181. The zero-order valence-electron chi connectivity index (χ0n) is 8.51. The number of amides is 1. The van der Waals surface area contributed by atoms with Crippen LogP contribution < -0.4 is 10.1 Å². The maximum absolute atomic E-state index is 11.1. The van der Waals surface area contributed by atoms with Crippen LogP contribution in [0.4, 0.5) is 4.79 Å². The van der Waals surface area contributed by atoms with Crippen LogP contribution in [0.25, 0.3) is 10.8 Å². The Morgan fingerprint density at radius 2 is 1.94 bits per heavy atom. The summed E-state index contributed by atoms with van der Waals surface area (Å²) in [5.41, 5.74) is 0. The molecule has 0 radical (unpaired) electrons. The molecule has 0 aliphatic rings. The minimum Gasteiger partial charge on any atom is -0.410 e. The summed E-state index contributed by atoms with van der Waals surface area (Å²) in [5.74, 6) is 0.449. The molecule has 0 saturated carbocycles. The van der Waals surface area contributed by atoms with E-state index >= 15 is 0 Å². The zero-order chi connectivity index (χ0) is 11.4. The average Bonchev–Trinajstić information content (AvgIpc) is 2.29. The highest BCUT2D eigenvalue weighted by molar-refractivity contribution is 5.84. The molecule has 2 aromatic rings. The number of nitrogens with one attached hydrogen (secondary N) is 1. The quantitative estimate of drug-likeness (QED) is 0.755. The molecule has 0 aliphatic carbocycles. The van der Waals surface area contributed by atoms with E-state index in [2.05, 4.69) is 5.32 Å². The molecular formula is C12H11NO3. The lowest BCUT2D eigenvalue weighted by atomic mass is 10.1. The number of fused-ring (bicyclic) bond motifs is 1. The van der Waals surface area contributed by atoms with Crippen LogP contribution in [0.1, 0.15) is 0 Å². The molecule has 2 rings (SSSR count). The monoisotopic (exact) mass is 217 g/mol. The second-order valence-electron chi connectivity index (χ2n) is 3.23. The number of benzene rings is 2. The van der Waals surface area contributed by atoms with Gasteiger partial charge in [0, 0.05) is 0 Å². The topological polar surface area (TPSA) is 58.6 Å². The van der Waals surface area contributed by atoms with Crippen molar-refractivity contribution in [3.63, 3.8) is 0 Å². The third-order valence-electron chi connectivity index (χ3n) is 2.15. The standard InChI is InChI=1S/C12H11NO3/c14-8-13-12(15)16-11-6-5-9-3-1-2-4-10(9)7-11/h1-7,14H,8H2,(H,13,15). The summed E-state index contributed by atoms with van der Waals surface area (Å²) in [6.07, 6.45) is -0.669. The number of carbonyl (C=O) groups is 1. The van der Waals surface area contributed by atoms with Gasteiger partial charge in [-0.05, 0) is 22.9 Å². The van der Waals surface area contributed by atoms with Crippen molar-refractivity contribution in [2.45, 2.75) is 0 Å². The molecule has 0 atom stereocenters. The van der Waals surface area contributed by atoms with E-state index < -0.39 is 12.8 Å². The molecule has 4 heteroatoms. The molecule has 0 spiro atoms. The Labute approximate surface area is 92.5 Å². The van der Waals surface area contributed by atoms with Gasteiger partial charge in [0.1, 0.15) is 12.5 Å². The fourth-order valence-corrected chi connectivity index (χ4v) is 1.44. The summed E-state index contributed by atoms with van der Waals surface area (Å²) in [6, 6.07) is 13.1. The molecule has 0 saturated heterocycles. The third kappa shape index (κ3) is 2.29. The van der Waals surface area contributed by atoms with Crippen LogP contribution >= 0.6 is 0 Å². The van der Waals surface area contributed by atoms with E-state index in [0.717, 1.165) is 10.8 Å². The van der Waals surface area contributed by atoms with Crippen LogP contribution in [0, 0.1) is 0 Å². The van der Waals surface area contributed by atoms with Gasteiger partial charge in [0.25, 0.3) is 0 Å². The highest BCUT2D eigenvalue weighted by Crippen LogP contribution is 2.20. The highest BCUT2D eigenvalue weighted by atomic mass is 16.6. The van der Waals surface area contributed by atoms with Crippen molar-refractivity contribution < 1.29 is 14.6 Å². The molecular weight excluding hydrogens is 206 g/mol. The molecule has 1 amide bonds. The smallest absolute Gasteiger partial charge is 0.410 e. The zero-order valence-corrected chi connectivity index (χ0v) is 8.51. The molecule has 16 heavy (non-hydrogen) atoms. The van der Waals surface area contributed by atoms with E-state index in [0.29, 0.717) is 5.75 Å². The molecule has 0 unspecified atom stereocenters. The number of hydrogen-bond donors (Lipinski definition) is 2. The van der Waals surface area contributed by atoms with Crippen molar-refractivity contribution in [2.75, 3.05) is 6.73 Å². The van der Waals surface area contributed by atoms with Crippen molar-refractivity contribution in [1.82, 2.24) is 5.32 Å². The molecule has 0 aliphatic heterocycles. The Balaban J connectivity index is 2.22. The number of ether oxygens (including phenoxy) is 1. The van der Waals surface area contributed by atoms with E-state index in [1.54, 1.807) is 12.1 Å². The molecule has 0 aromatic heterocycles. The van der Waals surface area contributed by atoms with E-state index in [1.807, 2.05) is 30.3 Å². The van der Waals surface area contributed by atoms with Gasteiger partial charge in [-0.25, -0.2) is 4.79 Å². The number of aliphatic hydroxyl groups is 1. The second kappa shape index (κ2) is 4.63. The summed E-state index contributed by atoms with van der Waals surface area (Å²) in [7, 11) is 0. The molecule has 0 bridgehead atoms. The first-order valence-electron chi connectivity index (χ1n) is 4.85. The van der Waals surface area contributed by atoms with Gasteiger partial charge in [0.15, 0.2) is 0 Å². The predicted molar refractivity (Wildman–Crippen MR) is 60.2 cm³/mol. The first-order chi connectivity index (χ1) is 7.79. The van der Waals surface area contributed by atoms with Crippen molar-refractivity contribution in [2.24, 2.45) is 0 Å². The summed E-state index contributed by atoms with van der Waals surface area (Å²) < 4.78 is 4.95. The van der Waals surface area contributed by atoms with E-state index in [1.165, 1.54) is 0 Å². The van der Waals surface area contributed by atoms with Crippen LogP contribution in [0.2, 0.25) is 0 Å². The molecule has 2 aromatic carbocycles. The van der Waals surface area contributed by atoms with Crippen LogP contribution in [0.15, 0.2) is 42.5 Å². The Kier molecular flexibility index (Phi) is 3.03. The first-order valence-corrected chi connectivity index (χ1v) is 4.85. The number of aliphatic hydroxyl groups excluding tert-OH is 1. The van der Waals surface area contributed by atoms with Crippen molar-refractivity contribution in [3.05, 3.63) is 42.5 Å². The molecule has 82 valence electrons. The van der Waals surface area contributed by atoms with Gasteiger partial charge in [-0.15, -0.1) is 0 Å². The van der Waals surface area contributed by atoms with Crippen molar-refractivity contribution in [3.8, 4) is 5.75 Å². The Hall–Kier alpha value is -2.07.